The molecule has 1 atom stereocenters. The molecule has 8 nitrogen and oxygen atoms in total. The number of carbonyl (C=O) groups is 4. The van der Waals surface area contributed by atoms with Crippen LogP contribution in [0.5, 0.6) is 0 Å². The summed E-state index contributed by atoms with van der Waals surface area (Å²) in [5, 5.41) is 5.48. The molecule has 156 valence electrons. The molecule has 1 spiro atoms. The van der Waals surface area contributed by atoms with E-state index in [9.17, 15) is 19.2 Å². The van der Waals surface area contributed by atoms with Crippen molar-refractivity contribution < 1.29 is 23.9 Å². The van der Waals surface area contributed by atoms with Gasteiger partial charge < -0.3 is 15.4 Å². The number of amides is 4. The second kappa shape index (κ2) is 8.23. The van der Waals surface area contributed by atoms with E-state index in [1.165, 1.54) is 5.56 Å². The summed E-state index contributed by atoms with van der Waals surface area (Å²) in [7, 11) is 0. The maximum atomic E-state index is 12.5. The van der Waals surface area contributed by atoms with Gasteiger partial charge in [0.1, 0.15) is 12.1 Å². The molecule has 0 radical (unpaired) electrons. The normalized spacial score (nSPS) is 18.7. The molecule has 0 unspecified atom stereocenters. The third-order valence-electron chi connectivity index (χ3n) is 5.76. The van der Waals surface area contributed by atoms with Gasteiger partial charge >= 0.3 is 12.0 Å². The van der Waals surface area contributed by atoms with Crippen LogP contribution < -0.4 is 10.6 Å². The molecule has 1 aliphatic heterocycles. The Labute approximate surface area is 170 Å². The predicted molar refractivity (Wildman–Crippen MR) is 105 cm³/mol. The van der Waals surface area contributed by atoms with Gasteiger partial charge in [-0.2, -0.15) is 0 Å². The van der Waals surface area contributed by atoms with Gasteiger partial charge in [0.2, 0.25) is 0 Å². The van der Waals surface area contributed by atoms with Crippen molar-refractivity contribution in [3.05, 3.63) is 34.9 Å². The van der Waals surface area contributed by atoms with Gasteiger partial charge in [-0.1, -0.05) is 31.0 Å². The number of ether oxygens (including phenoxy) is 1. The molecular formula is C21H27N3O5. The smallest absolute Gasteiger partial charge is 0.326 e. The quantitative estimate of drug-likeness (QED) is 0.559. The van der Waals surface area contributed by atoms with Gasteiger partial charge in [-0.15, -0.1) is 0 Å². The van der Waals surface area contributed by atoms with Gasteiger partial charge in [-0.25, -0.2) is 4.79 Å². The lowest BCUT2D eigenvalue weighted by molar-refractivity contribution is -0.151. The Morgan fingerprint density at radius 2 is 1.90 bits per heavy atom. The van der Waals surface area contributed by atoms with Crippen LogP contribution in [0.2, 0.25) is 0 Å². The summed E-state index contributed by atoms with van der Waals surface area (Å²) in [5.41, 5.74) is 2.38. The highest BCUT2D eigenvalue weighted by molar-refractivity contribution is 6.08. The standard InChI is InChI=1S/C21H27N3O5/c1-13-6-7-16(10-14(13)2)15(3)22-17(25)12-29-18(26)11-24-19(27)21(23-20(24)28)8-4-5-9-21/h6-7,10,15H,4-5,8-9,11-12H2,1-3H3,(H,22,25)(H,23,28)/t15-/m0/s1. The van der Waals surface area contributed by atoms with Crippen LogP contribution in [0.25, 0.3) is 0 Å². The van der Waals surface area contributed by atoms with Gasteiger partial charge in [-0.05, 0) is 50.3 Å². The Bertz CT molecular complexity index is 845. The van der Waals surface area contributed by atoms with Crippen molar-refractivity contribution in [3.63, 3.8) is 0 Å². The summed E-state index contributed by atoms with van der Waals surface area (Å²) in [4.78, 5) is 49.6. The minimum absolute atomic E-state index is 0.242. The van der Waals surface area contributed by atoms with Crippen molar-refractivity contribution in [3.8, 4) is 0 Å². The summed E-state index contributed by atoms with van der Waals surface area (Å²) in [6.07, 6.45) is 2.90. The van der Waals surface area contributed by atoms with E-state index < -0.39 is 36.6 Å². The zero-order valence-electron chi connectivity index (χ0n) is 17.0. The van der Waals surface area contributed by atoms with Crippen molar-refractivity contribution >= 4 is 23.8 Å². The van der Waals surface area contributed by atoms with Crippen molar-refractivity contribution in [2.45, 2.75) is 58.0 Å². The van der Waals surface area contributed by atoms with Gasteiger partial charge in [0.25, 0.3) is 11.8 Å². The Balaban J connectivity index is 1.47. The molecule has 8 heteroatoms. The van der Waals surface area contributed by atoms with Gasteiger partial charge in [0.15, 0.2) is 6.61 Å². The fraction of sp³-hybridized carbons (Fsp3) is 0.524. The average Bonchev–Trinajstić information content (AvgIpc) is 3.23. The van der Waals surface area contributed by atoms with Crippen LogP contribution in [0.3, 0.4) is 0 Å². The third kappa shape index (κ3) is 4.41. The van der Waals surface area contributed by atoms with Crippen LogP contribution in [-0.2, 0) is 19.1 Å². The number of carbonyl (C=O) groups excluding carboxylic acids is 4. The van der Waals surface area contributed by atoms with E-state index in [4.69, 9.17) is 4.74 Å². The first kappa shape index (κ1) is 20.8. The molecule has 3 rings (SSSR count). The maximum absolute atomic E-state index is 12.5. The number of hydrogen-bond donors (Lipinski definition) is 2. The summed E-state index contributed by atoms with van der Waals surface area (Å²) >= 11 is 0. The third-order valence-corrected chi connectivity index (χ3v) is 5.76. The SMILES string of the molecule is Cc1ccc([C@H](C)NC(=O)COC(=O)CN2C(=O)NC3(CCCC3)C2=O)cc1C. The zero-order chi connectivity index (χ0) is 21.2. The fourth-order valence-electron chi connectivity index (χ4n) is 3.86. The van der Waals surface area contributed by atoms with Crippen molar-refractivity contribution in [2.24, 2.45) is 0 Å². The van der Waals surface area contributed by atoms with E-state index in [0.717, 1.165) is 28.9 Å². The zero-order valence-corrected chi connectivity index (χ0v) is 17.0. The van der Waals surface area contributed by atoms with Crippen LogP contribution >= 0.6 is 0 Å². The minimum atomic E-state index is -0.865. The molecule has 1 saturated carbocycles. The van der Waals surface area contributed by atoms with E-state index >= 15 is 0 Å². The molecule has 1 aromatic carbocycles. The molecule has 4 amide bonds. The lowest BCUT2D eigenvalue weighted by Crippen LogP contribution is -2.44. The summed E-state index contributed by atoms with van der Waals surface area (Å²) < 4.78 is 4.97. The number of urea groups is 1. The molecule has 1 aliphatic carbocycles. The minimum Gasteiger partial charge on any atom is -0.454 e. The molecule has 2 fully saturated rings. The number of imide groups is 1. The molecule has 0 bridgehead atoms. The van der Waals surface area contributed by atoms with Crippen molar-refractivity contribution in [1.29, 1.82) is 0 Å². The Kier molecular flexibility index (Phi) is 5.91. The van der Waals surface area contributed by atoms with Gasteiger partial charge in [0, 0.05) is 0 Å². The molecule has 1 heterocycles. The van der Waals surface area contributed by atoms with E-state index in [0.29, 0.717) is 12.8 Å². The Morgan fingerprint density at radius 1 is 1.21 bits per heavy atom. The van der Waals surface area contributed by atoms with Gasteiger partial charge in [0.05, 0.1) is 6.04 Å². The maximum Gasteiger partial charge on any atom is 0.326 e. The first-order chi connectivity index (χ1) is 13.7. The highest BCUT2D eigenvalue weighted by Gasteiger charge is 2.52. The lowest BCUT2D eigenvalue weighted by atomic mass is 9.98. The second-order valence-electron chi connectivity index (χ2n) is 7.90. The highest BCUT2D eigenvalue weighted by atomic mass is 16.5. The van der Waals surface area contributed by atoms with Gasteiger partial charge in [-0.3, -0.25) is 19.3 Å². The summed E-state index contributed by atoms with van der Waals surface area (Å²) in [6.45, 7) is 4.90. The number of hydrogen-bond acceptors (Lipinski definition) is 5. The molecule has 2 N–H and O–H groups in total. The van der Waals surface area contributed by atoms with Crippen LogP contribution in [0, 0.1) is 13.8 Å². The molecule has 0 aromatic heterocycles. The van der Waals surface area contributed by atoms with Crippen LogP contribution in [0.15, 0.2) is 18.2 Å². The predicted octanol–water partition coefficient (Wildman–Crippen LogP) is 1.89. The number of aryl methyl sites for hydroxylation is 2. The van der Waals surface area contributed by atoms with Crippen LogP contribution in [-0.4, -0.2) is 47.4 Å². The molecule has 1 aromatic rings. The molecule has 1 saturated heterocycles. The van der Waals surface area contributed by atoms with E-state index in [-0.39, 0.29) is 11.9 Å². The first-order valence-electron chi connectivity index (χ1n) is 9.88. The van der Waals surface area contributed by atoms with Crippen molar-refractivity contribution in [2.75, 3.05) is 13.2 Å². The van der Waals surface area contributed by atoms with E-state index in [1.54, 1.807) is 0 Å². The summed E-state index contributed by atoms with van der Waals surface area (Å²) in [6, 6.07) is 5.11. The Morgan fingerprint density at radius 3 is 2.55 bits per heavy atom. The average molecular weight is 401 g/mol. The number of nitrogens with zero attached hydrogens (tertiary/aromatic N) is 1. The monoisotopic (exact) mass is 401 g/mol. The Hall–Kier alpha value is -2.90. The molecular weight excluding hydrogens is 374 g/mol. The number of rotatable bonds is 6. The number of esters is 1. The van der Waals surface area contributed by atoms with Crippen LogP contribution in [0.4, 0.5) is 4.79 Å². The first-order valence-corrected chi connectivity index (χ1v) is 9.88. The largest absolute Gasteiger partial charge is 0.454 e. The summed E-state index contributed by atoms with van der Waals surface area (Å²) in [5.74, 6) is -1.63. The van der Waals surface area contributed by atoms with Crippen LogP contribution in [0.1, 0.15) is 55.3 Å². The number of nitrogens with one attached hydrogen (secondary N) is 2. The number of benzene rings is 1. The topological polar surface area (TPSA) is 105 Å². The van der Waals surface area contributed by atoms with E-state index in [2.05, 4.69) is 10.6 Å². The molecule has 29 heavy (non-hydrogen) atoms. The van der Waals surface area contributed by atoms with Crippen molar-refractivity contribution in [1.82, 2.24) is 15.5 Å². The van der Waals surface area contributed by atoms with E-state index in [1.807, 2.05) is 39.0 Å². The fourth-order valence-corrected chi connectivity index (χ4v) is 3.86. The molecule has 2 aliphatic rings. The highest BCUT2D eigenvalue weighted by Crippen LogP contribution is 2.34. The lowest BCUT2D eigenvalue weighted by Gasteiger charge is -2.19. The second-order valence-corrected chi connectivity index (χ2v) is 7.90.